The Balaban J connectivity index is 1.91. The fraction of sp³-hybridized carbons (Fsp3) is 0.562. The third kappa shape index (κ3) is 3.58. The zero-order chi connectivity index (χ0) is 14.8. The lowest BCUT2D eigenvalue weighted by molar-refractivity contribution is -0.118. The molecule has 1 heterocycles. The Morgan fingerprint density at radius 3 is 2.80 bits per heavy atom. The number of rotatable bonds is 3. The Morgan fingerprint density at radius 2 is 2.15 bits per heavy atom. The lowest BCUT2D eigenvalue weighted by atomic mass is 9.80. The van der Waals surface area contributed by atoms with Gasteiger partial charge in [-0.25, -0.2) is 0 Å². The molecule has 0 aromatic heterocycles. The van der Waals surface area contributed by atoms with Crippen LogP contribution in [-0.4, -0.2) is 36.5 Å². The third-order valence-electron chi connectivity index (χ3n) is 4.18. The fourth-order valence-corrected chi connectivity index (χ4v) is 2.73. The second-order valence-corrected chi connectivity index (χ2v) is 6.46. The summed E-state index contributed by atoms with van der Waals surface area (Å²) in [6.07, 6.45) is 0.949. The number of nitrogens with zero attached hydrogens (tertiary/aromatic N) is 1. The van der Waals surface area contributed by atoms with E-state index in [2.05, 4.69) is 24.1 Å². The Bertz CT molecular complexity index is 484. The van der Waals surface area contributed by atoms with Gasteiger partial charge in [-0.1, -0.05) is 32.0 Å². The van der Waals surface area contributed by atoms with Gasteiger partial charge < -0.3 is 11.1 Å². The molecule has 0 aliphatic carbocycles. The van der Waals surface area contributed by atoms with E-state index in [1.807, 2.05) is 31.2 Å². The lowest BCUT2D eigenvalue weighted by Crippen LogP contribution is -2.53. The van der Waals surface area contributed by atoms with Gasteiger partial charge in [-0.15, -0.1) is 0 Å². The molecule has 0 saturated carbocycles. The zero-order valence-corrected chi connectivity index (χ0v) is 12.6. The maximum atomic E-state index is 12.1. The number of piperidine rings is 1. The first-order valence-electron chi connectivity index (χ1n) is 7.22. The highest BCUT2D eigenvalue weighted by Crippen LogP contribution is 2.27. The summed E-state index contributed by atoms with van der Waals surface area (Å²) in [7, 11) is 0. The van der Waals surface area contributed by atoms with Gasteiger partial charge in [0.15, 0.2) is 0 Å². The molecule has 1 amide bonds. The summed E-state index contributed by atoms with van der Waals surface area (Å²) in [4.78, 5) is 14.3. The molecule has 1 fully saturated rings. The van der Waals surface area contributed by atoms with Crippen LogP contribution in [0.1, 0.15) is 25.8 Å². The number of carbonyl (C=O) groups excluding carboxylic acids is 1. The summed E-state index contributed by atoms with van der Waals surface area (Å²) < 4.78 is 0. The van der Waals surface area contributed by atoms with Crippen molar-refractivity contribution in [1.29, 1.82) is 0 Å². The van der Waals surface area contributed by atoms with Crippen LogP contribution >= 0.6 is 0 Å². The average Bonchev–Trinajstić information content (AvgIpc) is 2.36. The van der Waals surface area contributed by atoms with Gasteiger partial charge >= 0.3 is 0 Å². The van der Waals surface area contributed by atoms with E-state index < -0.39 is 0 Å². The van der Waals surface area contributed by atoms with Crippen molar-refractivity contribution in [3.05, 3.63) is 29.8 Å². The van der Waals surface area contributed by atoms with Gasteiger partial charge in [0.05, 0.1) is 6.54 Å². The predicted octanol–water partition coefficient (Wildman–Crippen LogP) is 1.99. The number of aryl methyl sites for hydroxylation is 1. The van der Waals surface area contributed by atoms with E-state index in [4.69, 9.17) is 5.73 Å². The molecular formula is C16H25N3O. The standard InChI is InChI=1S/C16H25N3O/c1-12-6-4-5-7-13(12)18-15(20)10-19-9-8-14(17)16(2,3)11-19/h4-7,14H,8-11,17H2,1-3H3,(H,18,20). The van der Waals surface area contributed by atoms with Crippen LogP contribution in [0, 0.1) is 12.3 Å². The third-order valence-corrected chi connectivity index (χ3v) is 4.18. The maximum Gasteiger partial charge on any atom is 0.238 e. The predicted molar refractivity (Wildman–Crippen MR) is 82.6 cm³/mol. The van der Waals surface area contributed by atoms with Crippen LogP contribution in [-0.2, 0) is 4.79 Å². The summed E-state index contributed by atoms with van der Waals surface area (Å²) in [5.74, 6) is 0.0468. The van der Waals surface area contributed by atoms with E-state index in [1.54, 1.807) is 0 Å². The molecule has 0 radical (unpaired) electrons. The van der Waals surface area contributed by atoms with E-state index in [9.17, 15) is 4.79 Å². The number of likely N-dealkylation sites (tertiary alicyclic amines) is 1. The number of amides is 1. The van der Waals surface area contributed by atoms with Crippen LogP contribution < -0.4 is 11.1 Å². The second kappa shape index (κ2) is 5.94. The minimum Gasteiger partial charge on any atom is -0.327 e. The van der Waals surface area contributed by atoms with Crippen molar-refractivity contribution in [3.8, 4) is 0 Å². The van der Waals surface area contributed by atoms with E-state index >= 15 is 0 Å². The highest BCUT2D eigenvalue weighted by Gasteiger charge is 2.33. The molecule has 110 valence electrons. The number of hydrogen-bond donors (Lipinski definition) is 2. The first-order chi connectivity index (χ1) is 9.38. The molecule has 4 nitrogen and oxygen atoms in total. The van der Waals surface area contributed by atoms with Crippen molar-refractivity contribution in [2.75, 3.05) is 25.0 Å². The van der Waals surface area contributed by atoms with E-state index in [0.717, 1.165) is 30.8 Å². The van der Waals surface area contributed by atoms with Crippen LogP contribution in [0.2, 0.25) is 0 Å². The molecule has 0 spiro atoms. The van der Waals surface area contributed by atoms with Gasteiger partial charge in [0.2, 0.25) is 5.91 Å². The maximum absolute atomic E-state index is 12.1. The Morgan fingerprint density at radius 1 is 1.45 bits per heavy atom. The van der Waals surface area contributed by atoms with E-state index in [1.165, 1.54) is 0 Å². The quantitative estimate of drug-likeness (QED) is 0.887. The molecule has 1 saturated heterocycles. The second-order valence-electron chi connectivity index (χ2n) is 6.46. The van der Waals surface area contributed by atoms with Gasteiger partial charge in [-0.3, -0.25) is 9.69 Å². The summed E-state index contributed by atoms with van der Waals surface area (Å²) in [5, 5.41) is 2.98. The molecule has 20 heavy (non-hydrogen) atoms. The van der Waals surface area contributed by atoms with Crippen LogP contribution in [0.25, 0.3) is 0 Å². The SMILES string of the molecule is Cc1ccccc1NC(=O)CN1CCC(N)C(C)(C)C1. The van der Waals surface area contributed by atoms with Crippen LogP contribution in [0.3, 0.4) is 0 Å². The van der Waals surface area contributed by atoms with Gasteiger partial charge in [0.1, 0.15) is 0 Å². The number of nitrogens with two attached hydrogens (primary N) is 1. The van der Waals surface area contributed by atoms with Gasteiger partial charge in [0, 0.05) is 24.8 Å². The molecule has 0 bridgehead atoms. The highest BCUT2D eigenvalue weighted by molar-refractivity contribution is 5.92. The van der Waals surface area contributed by atoms with Gasteiger partial charge in [-0.05, 0) is 30.4 Å². The van der Waals surface area contributed by atoms with Crippen molar-refractivity contribution in [1.82, 2.24) is 4.90 Å². The normalized spacial score (nSPS) is 22.5. The molecule has 1 atom stereocenters. The van der Waals surface area contributed by atoms with Gasteiger partial charge in [-0.2, -0.15) is 0 Å². The molecule has 4 heteroatoms. The van der Waals surface area contributed by atoms with Crippen LogP contribution in [0.4, 0.5) is 5.69 Å². The Kier molecular flexibility index (Phi) is 4.45. The lowest BCUT2D eigenvalue weighted by Gasteiger charge is -2.42. The summed E-state index contributed by atoms with van der Waals surface area (Å²) in [6.45, 7) is 8.54. The zero-order valence-electron chi connectivity index (χ0n) is 12.6. The minimum absolute atomic E-state index is 0.0468. The van der Waals surface area contributed by atoms with Crippen molar-refractivity contribution < 1.29 is 4.79 Å². The molecule has 1 unspecified atom stereocenters. The van der Waals surface area contributed by atoms with Crippen molar-refractivity contribution in [2.24, 2.45) is 11.1 Å². The van der Waals surface area contributed by atoms with Crippen LogP contribution in [0.15, 0.2) is 24.3 Å². The summed E-state index contributed by atoms with van der Waals surface area (Å²) in [6, 6.07) is 8.06. The largest absolute Gasteiger partial charge is 0.327 e. The van der Waals surface area contributed by atoms with Crippen molar-refractivity contribution >= 4 is 11.6 Å². The molecular weight excluding hydrogens is 250 g/mol. The number of nitrogens with one attached hydrogen (secondary N) is 1. The first-order valence-corrected chi connectivity index (χ1v) is 7.22. The Hall–Kier alpha value is -1.39. The Labute approximate surface area is 121 Å². The summed E-state index contributed by atoms with van der Waals surface area (Å²) >= 11 is 0. The molecule has 3 N–H and O–H groups in total. The van der Waals surface area contributed by atoms with Gasteiger partial charge in [0.25, 0.3) is 0 Å². The molecule has 2 rings (SSSR count). The number of para-hydroxylation sites is 1. The van der Waals surface area contributed by atoms with Crippen molar-refractivity contribution in [2.45, 2.75) is 33.2 Å². The smallest absolute Gasteiger partial charge is 0.238 e. The average molecular weight is 275 g/mol. The van der Waals surface area contributed by atoms with E-state index in [0.29, 0.717) is 6.54 Å². The monoisotopic (exact) mass is 275 g/mol. The molecule has 1 aliphatic heterocycles. The van der Waals surface area contributed by atoms with Crippen LogP contribution in [0.5, 0.6) is 0 Å². The molecule has 1 aliphatic rings. The molecule has 1 aromatic carbocycles. The van der Waals surface area contributed by atoms with E-state index in [-0.39, 0.29) is 17.4 Å². The minimum atomic E-state index is 0.0468. The topological polar surface area (TPSA) is 58.4 Å². The molecule has 1 aromatic rings. The first kappa shape index (κ1) is 15.0. The number of benzene rings is 1. The fourth-order valence-electron chi connectivity index (χ4n) is 2.73. The highest BCUT2D eigenvalue weighted by atomic mass is 16.2. The number of hydrogen-bond acceptors (Lipinski definition) is 3. The summed E-state index contributed by atoms with van der Waals surface area (Å²) in [5.41, 5.74) is 8.17. The van der Waals surface area contributed by atoms with Crippen molar-refractivity contribution in [3.63, 3.8) is 0 Å². The number of carbonyl (C=O) groups is 1. The number of anilines is 1.